The number of carbonyl (C=O) groups excluding carboxylic acids is 2. The number of ether oxygens (including phenoxy) is 1. The Morgan fingerprint density at radius 3 is 2.48 bits per heavy atom. The predicted octanol–water partition coefficient (Wildman–Crippen LogP) is 4.27. The van der Waals surface area contributed by atoms with Crippen molar-refractivity contribution in [1.29, 1.82) is 0 Å². The van der Waals surface area contributed by atoms with Crippen LogP contribution in [0.15, 0.2) is 24.4 Å². The predicted molar refractivity (Wildman–Crippen MR) is 117 cm³/mol. The molecule has 168 valence electrons. The number of aromatic nitrogens is 1. The molecular weight excluding hydrogens is 445 g/mol. The Hall–Kier alpha value is -2.58. The van der Waals surface area contributed by atoms with Crippen LogP contribution >= 0.6 is 23.2 Å². The normalized spacial score (nSPS) is 14.5. The van der Waals surface area contributed by atoms with Gasteiger partial charge in [-0.3, -0.25) is 4.79 Å². The fourth-order valence-electron chi connectivity index (χ4n) is 3.67. The lowest BCUT2D eigenvalue weighted by atomic mass is 10.1. The van der Waals surface area contributed by atoms with Crippen LogP contribution in [0.25, 0.3) is 0 Å². The van der Waals surface area contributed by atoms with Gasteiger partial charge in [0.1, 0.15) is 5.56 Å². The maximum atomic E-state index is 12.9. The van der Waals surface area contributed by atoms with Crippen molar-refractivity contribution in [1.82, 2.24) is 14.4 Å². The molecule has 31 heavy (non-hydrogen) atoms. The summed E-state index contributed by atoms with van der Waals surface area (Å²) in [5.74, 6) is -1.26. The number of benzene rings is 1. The quantitative estimate of drug-likeness (QED) is 0.681. The Balaban J connectivity index is 1.70. The zero-order chi connectivity index (χ0) is 22.7. The molecule has 2 aromatic rings. The molecule has 0 radical (unpaired) electrons. The first-order valence-electron chi connectivity index (χ1n) is 9.96. The molecule has 2 amide bonds. The van der Waals surface area contributed by atoms with E-state index in [4.69, 9.17) is 27.9 Å². The molecule has 1 fully saturated rings. The van der Waals surface area contributed by atoms with E-state index >= 15 is 0 Å². The molecule has 0 atom stereocenters. The van der Waals surface area contributed by atoms with Gasteiger partial charge in [0.2, 0.25) is 5.88 Å². The molecular formula is C21H25Cl2N3O5. The van der Waals surface area contributed by atoms with Gasteiger partial charge in [-0.25, -0.2) is 4.79 Å². The van der Waals surface area contributed by atoms with Crippen molar-refractivity contribution in [2.45, 2.75) is 32.4 Å². The highest BCUT2D eigenvalue weighted by Gasteiger charge is 2.30. The number of aromatic hydroxyl groups is 2. The van der Waals surface area contributed by atoms with Gasteiger partial charge in [0.15, 0.2) is 5.75 Å². The smallest absolute Gasteiger partial charge is 0.409 e. The first-order valence-corrected chi connectivity index (χ1v) is 10.7. The summed E-state index contributed by atoms with van der Waals surface area (Å²) in [6, 6.07) is 4.93. The highest BCUT2D eigenvalue weighted by Crippen LogP contribution is 2.37. The number of hydrogen-bond acceptors (Lipinski definition) is 5. The average molecular weight is 470 g/mol. The molecule has 8 nitrogen and oxygen atoms in total. The number of nitrogens with zero attached hydrogens (tertiary/aromatic N) is 3. The van der Waals surface area contributed by atoms with E-state index in [1.54, 1.807) is 37.1 Å². The van der Waals surface area contributed by atoms with E-state index in [1.165, 1.54) is 15.7 Å². The van der Waals surface area contributed by atoms with Crippen molar-refractivity contribution in [3.05, 3.63) is 45.6 Å². The van der Waals surface area contributed by atoms with Crippen LogP contribution in [0.1, 0.15) is 41.7 Å². The van der Waals surface area contributed by atoms with Crippen molar-refractivity contribution in [2.75, 3.05) is 26.7 Å². The number of rotatable bonds is 5. The van der Waals surface area contributed by atoms with Crippen molar-refractivity contribution >= 4 is 35.2 Å². The molecule has 1 aromatic heterocycles. The molecule has 0 spiro atoms. The first-order chi connectivity index (χ1) is 14.7. The van der Waals surface area contributed by atoms with Gasteiger partial charge in [-0.05, 0) is 37.5 Å². The highest BCUT2D eigenvalue weighted by atomic mass is 35.5. The molecule has 1 aliphatic heterocycles. The van der Waals surface area contributed by atoms with E-state index in [1.807, 2.05) is 0 Å². The summed E-state index contributed by atoms with van der Waals surface area (Å²) < 4.78 is 6.51. The Morgan fingerprint density at radius 1 is 1.19 bits per heavy atom. The molecule has 0 bridgehead atoms. The van der Waals surface area contributed by atoms with Gasteiger partial charge in [-0.2, -0.15) is 0 Å². The zero-order valence-electron chi connectivity index (χ0n) is 17.3. The summed E-state index contributed by atoms with van der Waals surface area (Å²) in [6.07, 6.45) is 2.23. The first kappa shape index (κ1) is 23.1. The van der Waals surface area contributed by atoms with Gasteiger partial charge in [0.05, 0.1) is 16.7 Å². The summed E-state index contributed by atoms with van der Waals surface area (Å²) >= 11 is 12.0. The van der Waals surface area contributed by atoms with Crippen LogP contribution in [-0.4, -0.2) is 63.3 Å². The lowest BCUT2D eigenvalue weighted by molar-refractivity contribution is 0.0782. The molecule has 1 saturated heterocycles. The van der Waals surface area contributed by atoms with E-state index < -0.39 is 11.7 Å². The third kappa shape index (κ3) is 5.02. The van der Waals surface area contributed by atoms with Crippen molar-refractivity contribution in [2.24, 2.45) is 0 Å². The van der Waals surface area contributed by atoms with Crippen molar-refractivity contribution in [3.8, 4) is 11.6 Å². The zero-order valence-corrected chi connectivity index (χ0v) is 18.9. The van der Waals surface area contributed by atoms with Crippen LogP contribution in [0.3, 0.4) is 0 Å². The third-order valence-corrected chi connectivity index (χ3v) is 6.08. The van der Waals surface area contributed by atoms with Gasteiger partial charge in [0.25, 0.3) is 5.91 Å². The van der Waals surface area contributed by atoms with Crippen LogP contribution < -0.4 is 0 Å². The van der Waals surface area contributed by atoms with Crippen LogP contribution in [0, 0.1) is 0 Å². The Kier molecular flexibility index (Phi) is 7.23. The van der Waals surface area contributed by atoms with Gasteiger partial charge in [-0.15, -0.1) is 0 Å². The second-order valence-corrected chi connectivity index (χ2v) is 8.26. The monoisotopic (exact) mass is 469 g/mol. The fraction of sp³-hybridized carbons (Fsp3) is 0.429. The molecule has 0 unspecified atom stereocenters. The standard InChI is InChI=1S/C21H25Cl2N3O5/c1-3-31-21(30)25-8-6-14(7-9-25)26-12-15(18(27)20(26)29)19(28)24(2)11-13-4-5-16(22)17(23)10-13/h4-5,10,12,14,27,29H,3,6-9,11H2,1-2H3. The molecule has 0 saturated carbocycles. The van der Waals surface area contributed by atoms with Gasteiger partial charge >= 0.3 is 6.09 Å². The number of carbonyl (C=O) groups is 2. The van der Waals surface area contributed by atoms with E-state index in [9.17, 15) is 19.8 Å². The second kappa shape index (κ2) is 9.70. The van der Waals surface area contributed by atoms with Gasteiger partial charge < -0.3 is 29.3 Å². The Bertz CT molecular complexity index is 970. The topological polar surface area (TPSA) is 95.2 Å². The molecule has 0 aliphatic carbocycles. The lowest BCUT2D eigenvalue weighted by Crippen LogP contribution is -2.39. The minimum Gasteiger partial charge on any atom is -0.503 e. The van der Waals surface area contributed by atoms with E-state index in [0.29, 0.717) is 42.6 Å². The van der Waals surface area contributed by atoms with Gasteiger partial charge in [-0.1, -0.05) is 29.3 Å². The Morgan fingerprint density at radius 2 is 1.87 bits per heavy atom. The van der Waals surface area contributed by atoms with Crippen LogP contribution in [-0.2, 0) is 11.3 Å². The average Bonchev–Trinajstić information content (AvgIpc) is 3.05. The maximum absolute atomic E-state index is 12.9. The van der Waals surface area contributed by atoms with Crippen molar-refractivity contribution < 1.29 is 24.5 Å². The SMILES string of the molecule is CCOC(=O)N1CCC(n2cc(C(=O)N(C)Cc3ccc(Cl)c(Cl)c3)c(O)c2O)CC1. The van der Waals surface area contributed by atoms with E-state index in [-0.39, 0.29) is 30.1 Å². The Labute approximate surface area is 190 Å². The van der Waals surface area contributed by atoms with E-state index in [2.05, 4.69) is 0 Å². The van der Waals surface area contributed by atoms with Gasteiger partial charge in [0, 0.05) is 38.9 Å². The summed E-state index contributed by atoms with van der Waals surface area (Å²) in [4.78, 5) is 27.8. The molecule has 2 N–H and O–H groups in total. The molecule has 1 aromatic carbocycles. The van der Waals surface area contributed by atoms with Crippen LogP contribution in [0.2, 0.25) is 10.0 Å². The largest absolute Gasteiger partial charge is 0.503 e. The summed E-state index contributed by atoms with van der Waals surface area (Å²) in [5.41, 5.74) is 0.785. The summed E-state index contributed by atoms with van der Waals surface area (Å²) in [6.45, 7) is 3.23. The maximum Gasteiger partial charge on any atom is 0.409 e. The highest BCUT2D eigenvalue weighted by molar-refractivity contribution is 6.42. The van der Waals surface area contributed by atoms with Crippen molar-refractivity contribution in [3.63, 3.8) is 0 Å². The number of piperidine rings is 1. The molecule has 2 heterocycles. The molecule has 1 aliphatic rings. The second-order valence-electron chi connectivity index (χ2n) is 7.45. The minimum atomic E-state index is -0.459. The minimum absolute atomic E-state index is 0.00730. The summed E-state index contributed by atoms with van der Waals surface area (Å²) in [7, 11) is 1.59. The fourth-order valence-corrected chi connectivity index (χ4v) is 3.99. The number of hydrogen-bond donors (Lipinski definition) is 2. The molecule has 3 rings (SSSR count). The van der Waals surface area contributed by atoms with Crippen LogP contribution in [0.4, 0.5) is 4.79 Å². The number of halogens is 2. The number of likely N-dealkylation sites (tertiary alicyclic amines) is 1. The summed E-state index contributed by atoms with van der Waals surface area (Å²) in [5, 5.41) is 21.6. The third-order valence-electron chi connectivity index (χ3n) is 5.34. The molecule has 10 heteroatoms. The van der Waals surface area contributed by atoms with Crippen LogP contribution in [0.5, 0.6) is 11.6 Å². The van der Waals surface area contributed by atoms with E-state index in [0.717, 1.165) is 5.56 Å². The number of amides is 2. The lowest BCUT2D eigenvalue weighted by Gasteiger charge is -2.32.